The van der Waals surface area contributed by atoms with E-state index in [1.807, 2.05) is 22.9 Å². The van der Waals surface area contributed by atoms with Gasteiger partial charge in [0.25, 0.3) is 0 Å². The minimum Gasteiger partial charge on any atom is -0.490 e. The Morgan fingerprint density at radius 1 is 1.35 bits per heavy atom. The third-order valence-electron chi connectivity index (χ3n) is 3.59. The van der Waals surface area contributed by atoms with Crippen LogP contribution in [-0.2, 0) is 6.54 Å². The van der Waals surface area contributed by atoms with E-state index in [2.05, 4.69) is 29.9 Å². The standard InChI is InChI=1S/C15H20N4O/c1-11(2)19-14(12(16)9-17-19)10-18-7-8-20-15-6-4-3-5-13(15)18/h3-6,9,11H,7-8,10,16H2,1-2H3. The number of hydrogen-bond acceptors (Lipinski definition) is 4. The lowest BCUT2D eigenvalue weighted by molar-refractivity contribution is 0.306. The predicted molar refractivity (Wildman–Crippen MR) is 80.0 cm³/mol. The van der Waals surface area contributed by atoms with Gasteiger partial charge >= 0.3 is 0 Å². The molecule has 5 heteroatoms. The number of nitrogens with two attached hydrogens (primary N) is 1. The molecule has 0 aliphatic carbocycles. The Bertz CT molecular complexity index is 606. The molecule has 2 heterocycles. The number of rotatable bonds is 3. The van der Waals surface area contributed by atoms with Crippen LogP contribution in [0.3, 0.4) is 0 Å². The van der Waals surface area contributed by atoms with Gasteiger partial charge in [0.15, 0.2) is 0 Å². The van der Waals surface area contributed by atoms with Crippen LogP contribution in [0.1, 0.15) is 25.6 Å². The predicted octanol–water partition coefficient (Wildman–Crippen LogP) is 2.45. The van der Waals surface area contributed by atoms with Crippen LogP contribution in [0.2, 0.25) is 0 Å². The lowest BCUT2D eigenvalue weighted by atomic mass is 10.2. The van der Waals surface area contributed by atoms with Gasteiger partial charge in [0.05, 0.1) is 36.4 Å². The van der Waals surface area contributed by atoms with E-state index in [1.54, 1.807) is 6.20 Å². The second-order valence-corrected chi connectivity index (χ2v) is 5.32. The largest absolute Gasteiger partial charge is 0.490 e. The van der Waals surface area contributed by atoms with E-state index in [4.69, 9.17) is 10.5 Å². The number of ether oxygens (including phenoxy) is 1. The molecule has 20 heavy (non-hydrogen) atoms. The van der Waals surface area contributed by atoms with Gasteiger partial charge in [0.2, 0.25) is 0 Å². The number of nitrogens with zero attached hydrogens (tertiary/aromatic N) is 3. The minimum absolute atomic E-state index is 0.304. The van der Waals surface area contributed by atoms with Gasteiger partial charge < -0.3 is 15.4 Å². The summed E-state index contributed by atoms with van der Waals surface area (Å²) in [4.78, 5) is 2.30. The monoisotopic (exact) mass is 272 g/mol. The van der Waals surface area contributed by atoms with Crippen molar-refractivity contribution in [2.75, 3.05) is 23.8 Å². The van der Waals surface area contributed by atoms with Gasteiger partial charge in [-0.15, -0.1) is 0 Å². The van der Waals surface area contributed by atoms with Crippen LogP contribution in [0, 0.1) is 0 Å². The van der Waals surface area contributed by atoms with Crippen LogP contribution < -0.4 is 15.4 Å². The highest BCUT2D eigenvalue weighted by Crippen LogP contribution is 2.32. The van der Waals surface area contributed by atoms with Crippen molar-refractivity contribution >= 4 is 11.4 Å². The zero-order valence-corrected chi connectivity index (χ0v) is 11.9. The fourth-order valence-electron chi connectivity index (χ4n) is 2.58. The SMILES string of the molecule is CC(C)n1ncc(N)c1CN1CCOc2ccccc21. The molecule has 0 spiro atoms. The highest BCUT2D eigenvalue weighted by Gasteiger charge is 2.21. The molecule has 2 aromatic rings. The molecule has 3 rings (SSSR count). The molecule has 1 aromatic heterocycles. The molecular weight excluding hydrogens is 252 g/mol. The fourth-order valence-corrected chi connectivity index (χ4v) is 2.58. The zero-order valence-electron chi connectivity index (χ0n) is 11.9. The third kappa shape index (κ3) is 2.19. The quantitative estimate of drug-likeness (QED) is 0.932. The minimum atomic E-state index is 0.304. The molecular formula is C15H20N4O. The molecule has 0 unspecified atom stereocenters. The Kier molecular flexibility index (Phi) is 3.26. The highest BCUT2D eigenvalue weighted by atomic mass is 16.5. The van der Waals surface area contributed by atoms with Gasteiger partial charge in [-0.3, -0.25) is 4.68 Å². The fraction of sp³-hybridized carbons (Fsp3) is 0.400. The van der Waals surface area contributed by atoms with Gasteiger partial charge in [0, 0.05) is 6.04 Å². The second-order valence-electron chi connectivity index (χ2n) is 5.32. The molecule has 0 fully saturated rings. The summed E-state index contributed by atoms with van der Waals surface area (Å²) < 4.78 is 7.68. The zero-order chi connectivity index (χ0) is 14.1. The van der Waals surface area contributed by atoms with Crippen LogP contribution in [0.15, 0.2) is 30.5 Å². The first-order valence-electron chi connectivity index (χ1n) is 6.95. The molecule has 1 aliphatic heterocycles. The van der Waals surface area contributed by atoms with Gasteiger partial charge in [0.1, 0.15) is 12.4 Å². The molecule has 5 nitrogen and oxygen atoms in total. The van der Waals surface area contributed by atoms with E-state index in [0.29, 0.717) is 12.6 Å². The van der Waals surface area contributed by atoms with Gasteiger partial charge in [-0.05, 0) is 26.0 Å². The van der Waals surface area contributed by atoms with Crippen molar-refractivity contribution < 1.29 is 4.74 Å². The van der Waals surface area contributed by atoms with Crippen LogP contribution >= 0.6 is 0 Å². The first-order chi connectivity index (χ1) is 9.66. The number of hydrogen-bond donors (Lipinski definition) is 1. The molecule has 0 amide bonds. The summed E-state index contributed by atoms with van der Waals surface area (Å²) >= 11 is 0. The Morgan fingerprint density at radius 3 is 2.95 bits per heavy atom. The first-order valence-corrected chi connectivity index (χ1v) is 6.95. The van der Waals surface area contributed by atoms with Crippen molar-refractivity contribution in [2.24, 2.45) is 0 Å². The van der Waals surface area contributed by atoms with Crippen LogP contribution in [-0.4, -0.2) is 22.9 Å². The maximum absolute atomic E-state index is 6.08. The topological polar surface area (TPSA) is 56.3 Å². The summed E-state index contributed by atoms with van der Waals surface area (Å²) in [6.07, 6.45) is 1.74. The highest BCUT2D eigenvalue weighted by molar-refractivity contribution is 5.60. The van der Waals surface area contributed by atoms with Crippen molar-refractivity contribution in [2.45, 2.75) is 26.4 Å². The normalized spacial score (nSPS) is 14.2. The maximum Gasteiger partial charge on any atom is 0.142 e. The summed E-state index contributed by atoms with van der Waals surface area (Å²) in [5, 5.41) is 4.37. The summed E-state index contributed by atoms with van der Waals surface area (Å²) in [5.41, 5.74) is 9.01. The van der Waals surface area contributed by atoms with Crippen LogP contribution in [0.4, 0.5) is 11.4 Å². The molecule has 0 saturated heterocycles. The van der Waals surface area contributed by atoms with Crippen LogP contribution in [0.25, 0.3) is 0 Å². The Labute approximate surface area is 118 Å². The molecule has 1 aromatic carbocycles. The van der Waals surface area contributed by atoms with E-state index in [-0.39, 0.29) is 0 Å². The van der Waals surface area contributed by atoms with Crippen molar-refractivity contribution in [3.8, 4) is 5.75 Å². The van der Waals surface area contributed by atoms with Crippen molar-refractivity contribution in [1.82, 2.24) is 9.78 Å². The lowest BCUT2D eigenvalue weighted by Crippen LogP contribution is -2.33. The number of anilines is 2. The molecule has 2 N–H and O–H groups in total. The Hall–Kier alpha value is -2.17. The van der Waals surface area contributed by atoms with E-state index in [0.717, 1.165) is 35.9 Å². The average Bonchev–Trinajstić information content (AvgIpc) is 2.81. The number of para-hydroxylation sites is 2. The summed E-state index contributed by atoms with van der Waals surface area (Å²) in [7, 11) is 0. The van der Waals surface area contributed by atoms with Crippen molar-refractivity contribution in [3.63, 3.8) is 0 Å². The van der Waals surface area contributed by atoms with E-state index in [1.165, 1.54) is 0 Å². The molecule has 0 atom stereocenters. The number of benzene rings is 1. The molecule has 1 aliphatic rings. The van der Waals surface area contributed by atoms with Gasteiger partial charge in [-0.1, -0.05) is 12.1 Å². The van der Waals surface area contributed by atoms with Crippen LogP contribution in [0.5, 0.6) is 5.75 Å². The lowest BCUT2D eigenvalue weighted by Gasteiger charge is -2.31. The number of aromatic nitrogens is 2. The number of nitrogen functional groups attached to an aromatic ring is 1. The summed E-state index contributed by atoms with van der Waals surface area (Å²) in [5.74, 6) is 0.938. The van der Waals surface area contributed by atoms with Crippen molar-refractivity contribution in [1.29, 1.82) is 0 Å². The Balaban J connectivity index is 1.91. The summed E-state index contributed by atoms with van der Waals surface area (Å²) in [6, 6.07) is 8.42. The molecule has 106 valence electrons. The van der Waals surface area contributed by atoms with E-state index < -0.39 is 0 Å². The maximum atomic E-state index is 6.08. The first kappa shape index (κ1) is 12.8. The third-order valence-corrected chi connectivity index (χ3v) is 3.59. The van der Waals surface area contributed by atoms with Gasteiger partial charge in [-0.2, -0.15) is 5.10 Å². The average molecular weight is 272 g/mol. The molecule has 0 bridgehead atoms. The second kappa shape index (κ2) is 5.07. The Morgan fingerprint density at radius 2 is 2.15 bits per heavy atom. The smallest absolute Gasteiger partial charge is 0.142 e. The van der Waals surface area contributed by atoms with Gasteiger partial charge in [-0.25, -0.2) is 0 Å². The molecule has 0 radical (unpaired) electrons. The van der Waals surface area contributed by atoms with E-state index >= 15 is 0 Å². The number of fused-ring (bicyclic) bond motifs is 1. The van der Waals surface area contributed by atoms with Crippen molar-refractivity contribution in [3.05, 3.63) is 36.2 Å². The summed E-state index contributed by atoms with van der Waals surface area (Å²) in [6.45, 7) is 6.54. The van der Waals surface area contributed by atoms with E-state index in [9.17, 15) is 0 Å². The molecule has 0 saturated carbocycles.